The van der Waals surface area contributed by atoms with Gasteiger partial charge in [0.1, 0.15) is 0 Å². The van der Waals surface area contributed by atoms with Crippen molar-refractivity contribution in [2.45, 2.75) is 39.5 Å². The van der Waals surface area contributed by atoms with Gasteiger partial charge >= 0.3 is 0 Å². The van der Waals surface area contributed by atoms with Crippen LogP contribution in [0.1, 0.15) is 39.5 Å². The van der Waals surface area contributed by atoms with Gasteiger partial charge in [0.15, 0.2) is 0 Å². The Bertz CT molecular complexity index is 171. The van der Waals surface area contributed by atoms with Gasteiger partial charge in [-0.05, 0) is 49.5 Å². The van der Waals surface area contributed by atoms with Crippen molar-refractivity contribution in [3.8, 4) is 0 Å². The molecule has 1 atom stereocenters. The van der Waals surface area contributed by atoms with E-state index in [9.17, 15) is 0 Å². The molecule has 0 N–H and O–H groups in total. The van der Waals surface area contributed by atoms with Crippen LogP contribution in [-0.2, 0) is 4.74 Å². The quantitative estimate of drug-likeness (QED) is 0.490. The second-order valence-corrected chi connectivity index (χ2v) is 5.21. The largest absolute Gasteiger partial charge is 0.502 e. The molecule has 0 amide bonds. The van der Waals surface area contributed by atoms with Crippen LogP contribution in [0, 0.1) is 5.41 Å². The standard InChI is InChI=1S/C12H22OS/c1-3-8-13-9-5-6-12(4-2)7-10-14-11-12/h3,8H,4-7,9-11H2,1-2H3/b8-3+. The Morgan fingerprint density at radius 1 is 1.50 bits per heavy atom. The first-order valence-electron chi connectivity index (χ1n) is 5.63. The van der Waals surface area contributed by atoms with Gasteiger partial charge in [0.2, 0.25) is 0 Å². The molecule has 0 aromatic heterocycles. The second-order valence-electron chi connectivity index (χ2n) is 4.10. The SMILES string of the molecule is C/C=C/OCCCC1(CC)CCSC1. The van der Waals surface area contributed by atoms with Crippen molar-refractivity contribution in [3.05, 3.63) is 12.3 Å². The van der Waals surface area contributed by atoms with Gasteiger partial charge in [-0.2, -0.15) is 11.8 Å². The third-order valence-electron chi connectivity index (χ3n) is 3.14. The lowest BCUT2D eigenvalue weighted by Crippen LogP contribution is -2.19. The summed E-state index contributed by atoms with van der Waals surface area (Å²) in [5.74, 6) is 2.73. The van der Waals surface area contributed by atoms with E-state index in [-0.39, 0.29) is 0 Å². The lowest BCUT2D eigenvalue weighted by molar-refractivity contribution is 0.205. The monoisotopic (exact) mass is 214 g/mol. The van der Waals surface area contributed by atoms with E-state index in [1.165, 1.54) is 37.2 Å². The van der Waals surface area contributed by atoms with Crippen LogP contribution in [0.5, 0.6) is 0 Å². The third kappa shape index (κ3) is 3.56. The molecular weight excluding hydrogens is 192 g/mol. The Morgan fingerprint density at radius 2 is 2.36 bits per heavy atom. The summed E-state index contributed by atoms with van der Waals surface area (Å²) < 4.78 is 5.34. The van der Waals surface area contributed by atoms with E-state index in [1.807, 2.05) is 13.0 Å². The van der Waals surface area contributed by atoms with Gasteiger partial charge < -0.3 is 4.74 Å². The van der Waals surface area contributed by atoms with Crippen molar-refractivity contribution in [2.75, 3.05) is 18.1 Å². The molecule has 1 fully saturated rings. The molecule has 0 bridgehead atoms. The molecule has 0 spiro atoms. The minimum atomic E-state index is 0.643. The molecule has 1 aliphatic rings. The van der Waals surface area contributed by atoms with Gasteiger partial charge in [0.05, 0.1) is 12.9 Å². The summed E-state index contributed by atoms with van der Waals surface area (Å²) >= 11 is 2.12. The maximum absolute atomic E-state index is 5.34. The van der Waals surface area contributed by atoms with Crippen LogP contribution in [0.15, 0.2) is 12.3 Å². The van der Waals surface area contributed by atoms with Crippen LogP contribution >= 0.6 is 11.8 Å². The molecule has 0 aromatic carbocycles. The molecule has 1 saturated heterocycles. The fraction of sp³-hybridized carbons (Fsp3) is 0.833. The molecule has 2 heteroatoms. The summed E-state index contributed by atoms with van der Waals surface area (Å²) in [4.78, 5) is 0. The fourth-order valence-corrected chi connectivity index (χ4v) is 3.64. The molecule has 82 valence electrons. The van der Waals surface area contributed by atoms with Gasteiger partial charge in [-0.25, -0.2) is 0 Å². The van der Waals surface area contributed by atoms with E-state index < -0.39 is 0 Å². The summed E-state index contributed by atoms with van der Waals surface area (Å²) in [5.41, 5.74) is 0.643. The van der Waals surface area contributed by atoms with Crippen LogP contribution in [0.4, 0.5) is 0 Å². The average Bonchev–Trinajstić information content (AvgIpc) is 2.67. The molecule has 1 heterocycles. The molecule has 0 aliphatic carbocycles. The van der Waals surface area contributed by atoms with Crippen molar-refractivity contribution in [1.82, 2.24) is 0 Å². The van der Waals surface area contributed by atoms with E-state index in [2.05, 4.69) is 18.7 Å². The summed E-state index contributed by atoms with van der Waals surface area (Å²) in [6.07, 6.45) is 9.04. The lowest BCUT2D eigenvalue weighted by atomic mass is 9.80. The highest BCUT2D eigenvalue weighted by molar-refractivity contribution is 7.99. The number of hydrogen-bond acceptors (Lipinski definition) is 2. The second kappa shape index (κ2) is 6.39. The van der Waals surface area contributed by atoms with Crippen LogP contribution in [0.25, 0.3) is 0 Å². The van der Waals surface area contributed by atoms with Crippen LogP contribution in [-0.4, -0.2) is 18.1 Å². The first kappa shape index (κ1) is 12.0. The smallest absolute Gasteiger partial charge is 0.0873 e. The molecule has 0 aromatic rings. The Hall–Kier alpha value is -0.110. The van der Waals surface area contributed by atoms with Crippen LogP contribution < -0.4 is 0 Å². The Morgan fingerprint density at radius 3 is 2.93 bits per heavy atom. The number of ether oxygens (including phenoxy) is 1. The van der Waals surface area contributed by atoms with Crippen molar-refractivity contribution in [3.63, 3.8) is 0 Å². The van der Waals surface area contributed by atoms with Gasteiger partial charge in [0.25, 0.3) is 0 Å². The maximum Gasteiger partial charge on any atom is 0.0873 e. The van der Waals surface area contributed by atoms with Gasteiger partial charge in [-0.3, -0.25) is 0 Å². The average molecular weight is 214 g/mol. The third-order valence-corrected chi connectivity index (χ3v) is 4.45. The summed E-state index contributed by atoms with van der Waals surface area (Å²) in [6.45, 7) is 5.20. The van der Waals surface area contributed by atoms with Crippen LogP contribution in [0.2, 0.25) is 0 Å². The normalized spacial score (nSPS) is 27.3. The summed E-state index contributed by atoms with van der Waals surface area (Å²) in [5, 5.41) is 0. The first-order chi connectivity index (χ1) is 6.83. The van der Waals surface area contributed by atoms with E-state index in [1.54, 1.807) is 6.26 Å². The van der Waals surface area contributed by atoms with E-state index in [0.717, 1.165) is 6.61 Å². The maximum atomic E-state index is 5.34. The molecule has 1 unspecified atom stereocenters. The van der Waals surface area contributed by atoms with Gasteiger partial charge in [-0.15, -0.1) is 0 Å². The molecule has 1 rings (SSSR count). The molecule has 1 aliphatic heterocycles. The van der Waals surface area contributed by atoms with Crippen molar-refractivity contribution >= 4 is 11.8 Å². The molecule has 0 saturated carbocycles. The lowest BCUT2D eigenvalue weighted by Gasteiger charge is -2.26. The van der Waals surface area contributed by atoms with Gasteiger partial charge in [0, 0.05) is 0 Å². The van der Waals surface area contributed by atoms with Crippen molar-refractivity contribution in [1.29, 1.82) is 0 Å². The van der Waals surface area contributed by atoms with Crippen molar-refractivity contribution in [2.24, 2.45) is 5.41 Å². The zero-order chi connectivity index (χ0) is 10.3. The van der Waals surface area contributed by atoms with Crippen molar-refractivity contribution < 1.29 is 4.74 Å². The minimum absolute atomic E-state index is 0.643. The summed E-state index contributed by atoms with van der Waals surface area (Å²) in [7, 11) is 0. The fourth-order valence-electron chi connectivity index (χ4n) is 2.00. The highest BCUT2D eigenvalue weighted by Gasteiger charge is 2.31. The van der Waals surface area contributed by atoms with Gasteiger partial charge in [-0.1, -0.05) is 13.0 Å². The molecular formula is C12H22OS. The molecule has 1 nitrogen and oxygen atoms in total. The Kier molecular flexibility index (Phi) is 5.46. The number of hydrogen-bond donors (Lipinski definition) is 0. The minimum Gasteiger partial charge on any atom is -0.502 e. The first-order valence-corrected chi connectivity index (χ1v) is 6.79. The number of allylic oxidation sites excluding steroid dienone is 1. The predicted octanol–water partition coefficient (Wildman–Crippen LogP) is 3.85. The van der Waals surface area contributed by atoms with Crippen LogP contribution in [0.3, 0.4) is 0 Å². The highest BCUT2D eigenvalue weighted by Crippen LogP contribution is 2.42. The molecule has 0 radical (unpaired) electrons. The zero-order valence-electron chi connectivity index (χ0n) is 9.42. The number of rotatable bonds is 6. The van der Waals surface area contributed by atoms with E-state index >= 15 is 0 Å². The highest BCUT2D eigenvalue weighted by atomic mass is 32.2. The predicted molar refractivity (Wildman–Crippen MR) is 64.7 cm³/mol. The topological polar surface area (TPSA) is 9.23 Å². The Labute approximate surface area is 92.3 Å². The summed E-state index contributed by atoms with van der Waals surface area (Å²) in [6, 6.07) is 0. The van der Waals surface area contributed by atoms with E-state index in [4.69, 9.17) is 4.74 Å². The zero-order valence-corrected chi connectivity index (χ0v) is 10.2. The molecule has 14 heavy (non-hydrogen) atoms. The van der Waals surface area contributed by atoms with E-state index in [0.29, 0.717) is 5.41 Å². The number of thioether (sulfide) groups is 1. The Balaban J connectivity index is 2.14.